The fourth-order valence-corrected chi connectivity index (χ4v) is 11.7. The third-order valence-corrected chi connectivity index (χ3v) is 19.8. The topological polar surface area (TPSA) is 499 Å². The summed E-state index contributed by atoms with van der Waals surface area (Å²) in [5, 5.41) is 47.8. The van der Waals surface area contributed by atoms with Crippen molar-refractivity contribution < 1.29 is 87.2 Å². The summed E-state index contributed by atoms with van der Waals surface area (Å²) in [4.78, 5) is 136. The minimum atomic E-state index is -0.692. The molecule has 0 spiro atoms. The molecule has 0 aliphatic heterocycles. The van der Waals surface area contributed by atoms with Gasteiger partial charge in [0, 0.05) is 117 Å². The molecule has 39 heteroatoms. The summed E-state index contributed by atoms with van der Waals surface area (Å²) < 4.78 is 19.5. The number of nitrogens with zero attached hydrogens (tertiary/aromatic N) is 10. The van der Waals surface area contributed by atoms with Crippen LogP contribution in [0, 0.1) is 75.6 Å². The lowest BCUT2D eigenvalue weighted by Crippen LogP contribution is -3.00. The molecule has 35 nitrogen and oxygen atoms in total. The molecule has 6 heterocycles. The lowest BCUT2D eigenvalue weighted by molar-refractivity contribution is -0.385. The molecule has 5 aliphatic rings. The first kappa shape index (κ1) is 98.2. The van der Waals surface area contributed by atoms with Crippen LogP contribution in [0.3, 0.4) is 0 Å². The Bertz CT molecular complexity index is 5740. The number of H-pyrrole nitrogens is 1. The molecule has 0 bridgehead atoms. The van der Waals surface area contributed by atoms with Crippen molar-refractivity contribution in [3.05, 3.63) is 253 Å². The van der Waals surface area contributed by atoms with Crippen molar-refractivity contribution in [1.29, 1.82) is 0 Å². The number of nitro groups is 2. The molecule has 11 aromatic rings. The Morgan fingerprint density at radius 3 is 1.16 bits per heavy atom. The van der Waals surface area contributed by atoms with Crippen LogP contribution in [0.2, 0.25) is 5.15 Å². The Morgan fingerprint density at radius 1 is 0.476 bits per heavy atom. The number of nitrogen functional groups attached to an aromatic ring is 2. The van der Waals surface area contributed by atoms with E-state index in [1.165, 1.54) is 71.3 Å². The quantitative estimate of drug-likeness (QED) is 0.0102. The lowest BCUT2D eigenvalue weighted by Gasteiger charge is -2.12. The summed E-state index contributed by atoms with van der Waals surface area (Å²) >= 11 is 11.1. The summed E-state index contributed by atoms with van der Waals surface area (Å²) in [5.41, 5.74) is 29.8. The molecular formula is C85H97Cl4N19O16-2. The van der Waals surface area contributed by atoms with Crippen LogP contribution < -0.4 is 74.2 Å². The summed E-state index contributed by atoms with van der Waals surface area (Å²) in [5.74, 6) is -0.991. The number of carbonyl (C=O) groups is 8. The molecule has 4 amide bonds. The number of aromatic amines is 1. The third-order valence-electron chi connectivity index (χ3n) is 19.3. The van der Waals surface area contributed by atoms with Crippen LogP contribution in [-0.4, -0.2) is 150 Å². The smallest absolute Gasteiger partial charge is 0.340 e. The summed E-state index contributed by atoms with van der Waals surface area (Å²) in [7, 11) is 0. The molecular weight excluding hydrogens is 1680 g/mol. The summed E-state index contributed by atoms with van der Waals surface area (Å²) in [6.07, 6.45) is 19.8. The number of fused-ring (bicyclic) bond motifs is 3. The normalized spacial score (nSPS) is 13.0. The maximum Gasteiger partial charge on any atom is 0.340 e. The molecule has 6 aromatic heterocycles. The average Bonchev–Trinajstić information content (AvgIpc) is 1.63. The molecule has 5 saturated carbocycles. The number of hydrogen-bond acceptors (Lipinski definition) is 25. The predicted octanol–water partition coefficient (Wildman–Crippen LogP) is 6.67. The Labute approximate surface area is 735 Å². The Kier molecular flexibility index (Phi) is 35.8. The van der Waals surface area contributed by atoms with Gasteiger partial charge in [-0.3, -0.25) is 49.0 Å². The number of nitrogens with two attached hydrogens (primary N) is 3. The van der Waals surface area contributed by atoms with Gasteiger partial charge in [0.15, 0.2) is 11.0 Å². The second-order valence-corrected chi connectivity index (χ2v) is 29.9. The number of ether oxygens (including phenoxy) is 3. The highest BCUT2D eigenvalue weighted by Gasteiger charge is 2.29. The van der Waals surface area contributed by atoms with Crippen molar-refractivity contribution >= 4 is 121 Å². The number of benzene rings is 5. The number of halogens is 4. The highest BCUT2D eigenvalue weighted by Crippen LogP contribution is 2.31. The zero-order valence-corrected chi connectivity index (χ0v) is 73.0. The van der Waals surface area contributed by atoms with Crippen molar-refractivity contribution in [2.45, 2.75) is 171 Å². The van der Waals surface area contributed by atoms with Crippen molar-refractivity contribution in [2.75, 3.05) is 36.6 Å². The average molecular weight is 1780 g/mol. The molecule has 0 unspecified atom stereocenters. The molecule has 16 rings (SSSR count). The van der Waals surface area contributed by atoms with Gasteiger partial charge in [0.05, 0.1) is 46.4 Å². The van der Waals surface area contributed by atoms with Gasteiger partial charge in [-0.2, -0.15) is 15.3 Å². The van der Waals surface area contributed by atoms with Crippen LogP contribution in [-0.2, 0) is 14.2 Å². The molecule has 0 saturated heterocycles. The number of carbonyl (C=O) groups excluding carboxylic acids is 8. The highest BCUT2D eigenvalue weighted by molar-refractivity contribution is 6.67. The van der Waals surface area contributed by atoms with E-state index in [9.17, 15) is 63.4 Å². The van der Waals surface area contributed by atoms with E-state index in [2.05, 4.69) is 56.8 Å². The zero-order valence-electron chi connectivity index (χ0n) is 70.0. The SMILES string of the molecule is CCOC(=O)c1cn2nc[nH]c(=O)c2c1C.CCOC(=O)c1cn2ncnc(Cl)c2c1C.CCOC(=O)c1cn2ncnc(Nc3cc(C(=O)NC4CC4)ccc3C)c2c1C.Cc1ccc(C(=O)Cl)cc1[N+](=O)[O-].Cc1ccc(C(=O)NC2CC2)cc1N.Cc1ccc(C(=O)NC2CC2)cc1N.Cc1ccc(C(=O)NC2CC2)cc1[N+](=O)[O-].NC1CC1.[Cl-].[Cl-]. The van der Waals surface area contributed by atoms with Gasteiger partial charge < -0.3 is 87.8 Å². The fraction of sp³-hybridized carbons (Fsp3) is 0.341. The molecule has 5 fully saturated rings. The number of esters is 3. The van der Waals surface area contributed by atoms with E-state index in [4.69, 9.17) is 54.6 Å². The molecule has 0 radical (unpaired) electrons. The van der Waals surface area contributed by atoms with Gasteiger partial charge in [0.25, 0.3) is 45.8 Å². The van der Waals surface area contributed by atoms with E-state index in [1.54, 1.807) is 89.6 Å². The van der Waals surface area contributed by atoms with Crippen LogP contribution in [0.15, 0.2) is 133 Å². The van der Waals surface area contributed by atoms with Crippen LogP contribution in [0.4, 0.5) is 34.3 Å². The standard InChI is InChI=1S/C21H23N5O3.C11H12N2O3.2C11H14N2O.C10H10ClN3O2.C10H11N3O3.C8H6ClNO3.C3H7N.2ClH/c1-4-29-21(28)16-10-26-18(13(16)3)19(22-11-23-26)25-17-9-14(6-5-12(17)2)20(27)24-15-7-8-15;1-7-2-3-8(6-10(7)13(15)16)11(14)12-9-4-5-9;2*1-7-2-3-8(6-10(7)12)11(14)13-9-4-5-9;1-3-16-10(15)7-4-14-8(6(7)2)9(11)12-5-13-14;1-3-16-10(15)7-4-13-8(6(7)2)9(14)11-5-12-13;1-5-2-3-6(8(9)11)4-7(5)10(12)13;4-3-1-2-3;;/h5-6,9-11,15H,4,7-8H2,1-3H3,(H,24,27)(H,22,23,25);2-3,6,9H,4-5H2,1H3,(H,12,14);2*2-3,6,9H,4-5,12H2,1H3,(H,13,14);4-5H,3H2,1-2H3;4-5H,3H2,1-2H3,(H,11,12,14);2-4H,1H3;3H,1-2,4H2;2*1H/p-2. The number of aromatic nitrogens is 9. The maximum absolute atomic E-state index is 12.4. The Balaban J connectivity index is 0.000000200. The summed E-state index contributed by atoms with van der Waals surface area (Å²) in [6.45, 7) is 20.6. The van der Waals surface area contributed by atoms with E-state index < -0.39 is 27.0 Å². The predicted molar refractivity (Wildman–Crippen MR) is 460 cm³/mol. The Morgan fingerprint density at radius 2 is 0.806 bits per heavy atom. The first-order chi connectivity index (χ1) is 58.1. The minimum absolute atomic E-state index is 0. The van der Waals surface area contributed by atoms with Crippen LogP contribution >= 0.6 is 23.2 Å². The number of anilines is 4. The van der Waals surface area contributed by atoms with Crippen LogP contribution in [0.25, 0.3) is 16.6 Å². The number of hydrogen-bond donors (Lipinski definition) is 9. The molecule has 5 aromatic carbocycles. The van der Waals surface area contributed by atoms with Crippen LogP contribution in [0.5, 0.6) is 0 Å². The van der Waals surface area contributed by atoms with Crippen molar-refractivity contribution in [2.24, 2.45) is 5.73 Å². The van der Waals surface area contributed by atoms with Gasteiger partial charge in [-0.1, -0.05) is 41.9 Å². The van der Waals surface area contributed by atoms with Gasteiger partial charge in [0.1, 0.15) is 35.5 Å². The number of amides is 4. The second kappa shape index (κ2) is 45.3. The van der Waals surface area contributed by atoms with Gasteiger partial charge in [0.2, 0.25) is 0 Å². The maximum atomic E-state index is 12.4. The molecule has 0 atom stereocenters. The van der Waals surface area contributed by atoms with Crippen molar-refractivity contribution in [3.63, 3.8) is 0 Å². The van der Waals surface area contributed by atoms with E-state index in [-0.39, 0.29) is 83.0 Å². The number of rotatable bonds is 19. The molecule has 124 heavy (non-hydrogen) atoms. The van der Waals surface area contributed by atoms with Gasteiger partial charge in [-0.15, -0.1) is 0 Å². The van der Waals surface area contributed by atoms with Gasteiger partial charge >= 0.3 is 17.9 Å². The fourth-order valence-electron chi connectivity index (χ4n) is 11.3. The highest BCUT2D eigenvalue weighted by atomic mass is 35.5. The largest absolute Gasteiger partial charge is 1.00 e. The molecule has 12 N–H and O–H groups in total. The number of nitrogens with one attached hydrogen (secondary N) is 6. The zero-order chi connectivity index (χ0) is 88.9. The van der Waals surface area contributed by atoms with Crippen molar-refractivity contribution in [3.8, 4) is 0 Å². The van der Waals surface area contributed by atoms with E-state index in [0.717, 1.165) is 84.9 Å². The van der Waals surface area contributed by atoms with Crippen LogP contribution in [0.1, 0.15) is 212 Å². The van der Waals surface area contributed by atoms with E-state index >= 15 is 0 Å². The number of nitro benzene ring substituents is 2. The monoisotopic (exact) mass is 1780 g/mol. The number of aryl methyl sites for hydroxylation is 8. The van der Waals surface area contributed by atoms with Gasteiger partial charge in [-0.25, -0.2) is 37.9 Å². The summed E-state index contributed by atoms with van der Waals surface area (Å²) in [6, 6.07) is 26.9. The first-order valence-electron chi connectivity index (χ1n) is 39.3. The third kappa shape index (κ3) is 27.8. The van der Waals surface area contributed by atoms with Gasteiger partial charge in [-0.05, 0) is 234 Å². The second-order valence-electron chi connectivity index (χ2n) is 29.2. The van der Waals surface area contributed by atoms with Crippen molar-refractivity contribution in [1.82, 2.24) is 65.1 Å². The Hall–Kier alpha value is -13.0. The van der Waals surface area contributed by atoms with E-state index in [1.807, 2.05) is 70.2 Å². The van der Waals surface area contributed by atoms with E-state index in [0.29, 0.717) is 139 Å². The molecule has 5 aliphatic carbocycles. The lowest BCUT2D eigenvalue weighted by atomic mass is 10.1. The first-order valence-corrected chi connectivity index (χ1v) is 40.0. The molecule has 658 valence electrons. The minimum Gasteiger partial charge on any atom is -1.00 e.